The van der Waals surface area contributed by atoms with Gasteiger partial charge in [-0.05, 0) is 42.7 Å². The molecule has 1 aliphatic rings. The topological polar surface area (TPSA) is 84.2 Å². The number of aryl methyl sites for hydroxylation is 2. The van der Waals surface area contributed by atoms with Crippen molar-refractivity contribution in [1.82, 2.24) is 0 Å². The minimum atomic E-state index is -0.478. The first-order valence-electron chi connectivity index (χ1n) is 9.71. The van der Waals surface area contributed by atoms with Crippen LogP contribution in [0.25, 0.3) is 22.1 Å². The van der Waals surface area contributed by atoms with Crippen LogP contribution in [-0.4, -0.2) is 26.5 Å². The maximum Gasteiger partial charge on any atom is 0.343 e. The van der Waals surface area contributed by atoms with Gasteiger partial charge in [0.2, 0.25) is 12.2 Å². The van der Waals surface area contributed by atoms with E-state index in [0.29, 0.717) is 51.5 Å². The molecule has 0 saturated carbocycles. The van der Waals surface area contributed by atoms with E-state index in [1.54, 1.807) is 31.2 Å². The highest BCUT2D eigenvalue weighted by Crippen LogP contribution is 2.37. The molecule has 156 valence electrons. The van der Waals surface area contributed by atoms with E-state index in [-0.39, 0.29) is 18.8 Å². The zero-order chi connectivity index (χ0) is 21.3. The normalized spacial score (nSPS) is 12.2. The predicted octanol–water partition coefficient (Wildman–Crippen LogP) is 4.00. The average molecular weight is 410 g/mol. The lowest BCUT2D eigenvalue weighted by Crippen LogP contribution is -2.14. The van der Waals surface area contributed by atoms with Crippen LogP contribution in [0, 0.1) is 6.92 Å². The summed E-state index contributed by atoms with van der Waals surface area (Å²) >= 11 is 0. The van der Waals surface area contributed by atoms with Crippen molar-refractivity contribution < 1.29 is 28.2 Å². The van der Waals surface area contributed by atoms with Crippen LogP contribution in [0.5, 0.6) is 17.2 Å². The van der Waals surface area contributed by atoms with Crippen LogP contribution in [0.4, 0.5) is 0 Å². The van der Waals surface area contributed by atoms with Gasteiger partial charge in [0.1, 0.15) is 17.1 Å². The van der Waals surface area contributed by atoms with Gasteiger partial charge in [0.15, 0.2) is 18.1 Å². The summed E-state index contributed by atoms with van der Waals surface area (Å²) in [4.78, 5) is 24.9. The quantitative estimate of drug-likeness (QED) is 0.568. The zero-order valence-electron chi connectivity index (χ0n) is 17.1. The van der Waals surface area contributed by atoms with Gasteiger partial charge < -0.3 is 23.4 Å². The third kappa shape index (κ3) is 3.58. The van der Waals surface area contributed by atoms with Gasteiger partial charge >= 0.3 is 5.97 Å². The Morgan fingerprint density at radius 3 is 2.70 bits per heavy atom. The van der Waals surface area contributed by atoms with Gasteiger partial charge in [-0.25, -0.2) is 4.79 Å². The van der Waals surface area contributed by atoms with Crippen LogP contribution >= 0.6 is 0 Å². The third-order valence-electron chi connectivity index (χ3n) is 5.00. The minimum absolute atomic E-state index is 0.135. The van der Waals surface area contributed by atoms with Gasteiger partial charge in [-0.15, -0.1) is 0 Å². The molecule has 0 aliphatic carbocycles. The number of rotatable bonds is 6. The Labute approximate surface area is 173 Å². The first kappa shape index (κ1) is 19.8. The van der Waals surface area contributed by atoms with E-state index in [0.717, 1.165) is 12.0 Å². The number of esters is 1. The summed E-state index contributed by atoms with van der Waals surface area (Å²) < 4.78 is 27.0. The molecule has 4 rings (SSSR count). The third-order valence-corrected chi connectivity index (χ3v) is 5.00. The van der Waals surface area contributed by atoms with E-state index in [1.165, 1.54) is 7.11 Å². The molecule has 0 fully saturated rings. The molecule has 1 aromatic heterocycles. The second-order valence-electron chi connectivity index (χ2n) is 7.00. The second kappa shape index (κ2) is 8.10. The molecule has 1 aliphatic heterocycles. The first-order valence-corrected chi connectivity index (χ1v) is 9.71. The lowest BCUT2D eigenvalue weighted by molar-refractivity contribution is -0.142. The smallest absolute Gasteiger partial charge is 0.343 e. The van der Waals surface area contributed by atoms with Crippen LogP contribution in [-0.2, 0) is 16.0 Å². The maximum absolute atomic E-state index is 13.4. The molecule has 3 aromatic rings. The van der Waals surface area contributed by atoms with Crippen molar-refractivity contribution in [2.45, 2.75) is 26.7 Å². The van der Waals surface area contributed by atoms with Crippen LogP contribution in [0.15, 0.2) is 39.5 Å². The van der Waals surface area contributed by atoms with Crippen LogP contribution in [0.1, 0.15) is 24.7 Å². The summed E-state index contributed by atoms with van der Waals surface area (Å²) in [7, 11) is 1.30. The predicted molar refractivity (Wildman–Crippen MR) is 110 cm³/mol. The number of fused-ring (bicyclic) bond motifs is 2. The van der Waals surface area contributed by atoms with Crippen molar-refractivity contribution in [2.75, 3.05) is 20.5 Å². The number of carbonyl (C=O) groups is 1. The van der Waals surface area contributed by atoms with Crippen molar-refractivity contribution in [1.29, 1.82) is 0 Å². The highest BCUT2D eigenvalue weighted by molar-refractivity contribution is 5.85. The van der Waals surface area contributed by atoms with E-state index in [2.05, 4.69) is 4.74 Å². The fourth-order valence-corrected chi connectivity index (χ4v) is 3.56. The molecule has 0 atom stereocenters. The average Bonchev–Trinajstić information content (AvgIpc) is 3.20. The minimum Gasteiger partial charge on any atom is -0.481 e. The molecule has 0 radical (unpaired) electrons. The van der Waals surface area contributed by atoms with Crippen molar-refractivity contribution in [2.24, 2.45) is 0 Å². The summed E-state index contributed by atoms with van der Waals surface area (Å²) in [6.45, 7) is 3.73. The molecule has 0 spiro atoms. The molecule has 2 heterocycles. The van der Waals surface area contributed by atoms with Crippen molar-refractivity contribution in [3.63, 3.8) is 0 Å². The maximum atomic E-state index is 13.4. The Morgan fingerprint density at radius 2 is 1.93 bits per heavy atom. The zero-order valence-corrected chi connectivity index (χ0v) is 17.1. The van der Waals surface area contributed by atoms with Crippen LogP contribution in [0.3, 0.4) is 0 Å². The Balaban J connectivity index is 1.83. The second-order valence-corrected chi connectivity index (χ2v) is 7.00. The molecule has 0 bridgehead atoms. The van der Waals surface area contributed by atoms with E-state index < -0.39 is 5.97 Å². The number of carbonyl (C=O) groups excluding carboxylic acids is 1. The number of benzene rings is 2. The van der Waals surface area contributed by atoms with Crippen molar-refractivity contribution in [3.05, 3.63) is 51.9 Å². The van der Waals surface area contributed by atoms with Crippen molar-refractivity contribution >= 4 is 16.9 Å². The summed E-state index contributed by atoms with van der Waals surface area (Å²) in [5.74, 6) is 1.76. The lowest BCUT2D eigenvalue weighted by atomic mass is 10.00. The molecule has 2 aromatic carbocycles. The SMILES string of the molecule is CCCc1cc2c(=O)c(-c3ccc4c(c3)OCO4)c(C)oc2cc1OCC(=O)OC. The molecule has 0 N–H and O–H groups in total. The fraction of sp³-hybridized carbons (Fsp3) is 0.304. The van der Waals surface area contributed by atoms with Gasteiger partial charge in [0.05, 0.1) is 18.1 Å². The van der Waals surface area contributed by atoms with E-state index in [1.807, 2.05) is 13.0 Å². The standard InChI is InChI=1S/C23H22O7/c1-4-5-14-8-16-19(10-18(14)27-11-21(24)26-3)30-13(2)22(23(16)25)15-6-7-17-20(9-15)29-12-28-17/h6-10H,4-5,11-12H2,1-3H3. The fourth-order valence-electron chi connectivity index (χ4n) is 3.56. The Bertz CT molecular complexity index is 1180. The van der Waals surface area contributed by atoms with E-state index in [4.69, 9.17) is 18.6 Å². The molecule has 0 amide bonds. The molecule has 7 nitrogen and oxygen atoms in total. The number of ether oxygens (including phenoxy) is 4. The summed E-state index contributed by atoms with van der Waals surface area (Å²) in [5.41, 5.74) is 2.29. The van der Waals surface area contributed by atoms with Crippen molar-refractivity contribution in [3.8, 4) is 28.4 Å². The monoisotopic (exact) mass is 410 g/mol. The highest BCUT2D eigenvalue weighted by atomic mass is 16.7. The number of hydrogen-bond acceptors (Lipinski definition) is 7. The van der Waals surface area contributed by atoms with Crippen LogP contribution < -0.4 is 19.6 Å². The lowest BCUT2D eigenvalue weighted by Gasteiger charge is -2.13. The first-order chi connectivity index (χ1) is 14.5. The molecule has 7 heteroatoms. The van der Waals surface area contributed by atoms with Gasteiger partial charge in [0.25, 0.3) is 0 Å². The Kier molecular flexibility index (Phi) is 5.35. The molecular weight excluding hydrogens is 388 g/mol. The largest absolute Gasteiger partial charge is 0.481 e. The van der Waals surface area contributed by atoms with Crippen LogP contribution in [0.2, 0.25) is 0 Å². The molecule has 0 saturated heterocycles. The summed E-state index contributed by atoms with van der Waals surface area (Å²) in [6.07, 6.45) is 1.55. The Morgan fingerprint density at radius 1 is 1.13 bits per heavy atom. The summed E-state index contributed by atoms with van der Waals surface area (Å²) in [5, 5.41) is 0.460. The molecule has 30 heavy (non-hydrogen) atoms. The molecule has 0 unspecified atom stereocenters. The van der Waals surface area contributed by atoms with E-state index >= 15 is 0 Å². The summed E-state index contributed by atoms with van der Waals surface area (Å²) in [6, 6.07) is 8.84. The number of hydrogen-bond donors (Lipinski definition) is 0. The molecular formula is C23H22O7. The van der Waals surface area contributed by atoms with Gasteiger partial charge in [-0.1, -0.05) is 19.4 Å². The Hall–Kier alpha value is -3.48. The highest BCUT2D eigenvalue weighted by Gasteiger charge is 2.20. The number of methoxy groups -OCH3 is 1. The van der Waals surface area contributed by atoms with Gasteiger partial charge in [0, 0.05) is 6.07 Å². The van der Waals surface area contributed by atoms with E-state index in [9.17, 15) is 9.59 Å². The van der Waals surface area contributed by atoms with Gasteiger partial charge in [-0.2, -0.15) is 0 Å². The van der Waals surface area contributed by atoms with Gasteiger partial charge in [-0.3, -0.25) is 4.79 Å².